The zero-order valence-corrected chi connectivity index (χ0v) is 15.5. The first-order valence-electron chi connectivity index (χ1n) is 8.15. The monoisotopic (exact) mass is 374 g/mol. The number of hydrogen-bond acceptors (Lipinski definition) is 5. The zero-order chi connectivity index (χ0) is 18.8. The van der Waals surface area contributed by atoms with Crippen LogP contribution in [0.4, 0.5) is 5.95 Å². The molecule has 0 atom stereocenters. The summed E-state index contributed by atoms with van der Waals surface area (Å²) in [7, 11) is 3.05. The van der Waals surface area contributed by atoms with Crippen molar-refractivity contribution < 1.29 is 0 Å². The van der Waals surface area contributed by atoms with E-state index in [0.29, 0.717) is 28.7 Å². The predicted molar refractivity (Wildman–Crippen MR) is 103 cm³/mol. The molecular formula is C17H19ClN6O2. The van der Waals surface area contributed by atoms with Crippen LogP contribution in [-0.2, 0) is 20.6 Å². The summed E-state index contributed by atoms with van der Waals surface area (Å²) in [6.45, 7) is 2.57. The van der Waals surface area contributed by atoms with Crippen LogP contribution in [0.15, 0.2) is 39.0 Å². The fourth-order valence-corrected chi connectivity index (χ4v) is 2.81. The number of nitrogens with one attached hydrogen (secondary N) is 1. The maximum absolute atomic E-state index is 12.5. The van der Waals surface area contributed by atoms with E-state index in [1.54, 1.807) is 30.0 Å². The van der Waals surface area contributed by atoms with Crippen LogP contribution in [0.1, 0.15) is 18.9 Å². The third-order valence-corrected chi connectivity index (χ3v) is 4.30. The van der Waals surface area contributed by atoms with Crippen LogP contribution in [0.5, 0.6) is 0 Å². The number of aryl methyl sites for hydroxylation is 2. The molecule has 9 heteroatoms. The largest absolute Gasteiger partial charge is 0.332 e. The van der Waals surface area contributed by atoms with E-state index < -0.39 is 5.69 Å². The van der Waals surface area contributed by atoms with E-state index in [1.165, 1.54) is 11.6 Å². The van der Waals surface area contributed by atoms with Crippen LogP contribution in [-0.4, -0.2) is 24.9 Å². The minimum Gasteiger partial charge on any atom is -0.303 e. The third-order valence-electron chi connectivity index (χ3n) is 4.04. The van der Waals surface area contributed by atoms with Crippen LogP contribution in [0.3, 0.4) is 0 Å². The second-order valence-corrected chi connectivity index (χ2v) is 6.32. The van der Waals surface area contributed by atoms with Gasteiger partial charge in [0.2, 0.25) is 5.95 Å². The summed E-state index contributed by atoms with van der Waals surface area (Å²) >= 11 is 5.86. The average molecular weight is 375 g/mol. The highest BCUT2D eigenvalue weighted by atomic mass is 35.5. The number of rotatable bonds is 5. The van der Waals surface area contributed by atoms with Crippen molar-refractivity contribution in [2.45, 2.75) is 19.9 Å². The van der Waals surface area contributed by atoms with Gasteiger partial charge >= 0.3 is 5.69 Å². The Morgan fingerprint density at radius 2 is 1.88 bits per heavy atom. The molecule has 0 aliphatic carbocycles. The smallest absolute Gasteiger partial charge is 0.303 e. The van der Waals surface area contributed by atoms with Gasteiger partial charge in [-0.2, -0.15) is 10.1 Å². The molecule has 0 aliphatic rings. The minimum atomic E-state index is -0.417. The predicted octanol–water partition coefficient (Wildman–Crippen LogP) is 1.94. The molecule has 0 spiro atoms. The van der Waals surface area contributed by atoms with Gasteiger partial charge in [-0.05, 0) is 24.1 Å². The average Bonchev–Trinajstić information content (AvgIpc) is 2.99. The van der Waals surface area contributed by atoms with Gasteiger partial charge < -0.3 is 4.57 Å². The van der Waals surface area contributed by atoms with Crippen LogP contribution >= 0.6 is 11.6 Å². The highest BCUT2D eigenvalue weighted by Gasteiger charge is 2.18. The lowest BCUT2D eigenvalue weighted by Gasteiger charge is -2.07. The second-order valence-electron chi connectivity index (χ2n) is 5.89. The van der Waals surface area contributed by atoms with Gasteiger partial charge in [0.1, 0.15) is 0 Å². The number of aromatic nitrogens is 4. The molecule has 0 unspecified atom stereocenters. The SMILES string of the molecule is CCCn1c(N/N=C/c2ccc(Cl)cc2)nc2c1c(=O)n(C)c(=O)n2C. The number of imidazole rings is 1. The Kier molecular flexibility index (Phi) is 4.94. The quantitative estimate of drug-likeness (QED) is 0.546. The molecule has 136 valence electrons. The fraction of sp³-hybridized carbons (Fsp3) is 0.294. The maximum Gasteiger partial charge on any atom is 0.332 e. The molecule has 0 aliphatic heterocycles. The molecule has 0 saturated carbocycles. The molecule has 1 N–H and O–H groups in total. The van der Waals surface area contributed by atoms with E-state index in [2.05, 4.69) is 15.5 Å². The molecule has 0 fully saturated rings. The van der Waals surface area contributed by atoms with E-state index in [9.17, 15) is 9.59 Å². The number of anilines is 1. The fourth-order valence-electron chi connectivity index (χ4n) is 2.69. The molecule has 0 saturated heterocycles. The highest BCUT2D eigenvalue weighted by molar-refractivity contribution is 6.30. The summed E-state index contributed by atoms with van der Waals surface area (Å²) in [5.41, 5.74) is 3.65. The first-order chi connectivity index (χ1) is 12.4. The van der Waals surface area contributed by atoms with Gasteiger partial charge in [0.15, 0.2) is 11.2 Å². The Hall–Kier alpha value is -2.87. The lowest BCUT2D eigenvalue weighted by atomic mass is 10.2. The van der Waals surface area contributed by atoms with E-state index in [-0.39, 0.29) is 5.56 Å². The standard InChI is InChI=1S/C17H19ClN6O2/c1-4-9-24-13-14(22(2)17(26)23(3)15(13)25)20-16(24)21-19-10-11-5-7-12(18)8-6-11/h5-8,10H,4,9H2,1-3H3,(H,20,21)/b19-10+. The molecular weight excluding hydrogens is 356 g/mol. The van der Waals surface area contributed by atoms with E-state index in [1.807, 2.05) is 19.1 Å². The summed E-state index contributed by atoms with van der Waals surface area (Å²) in [5, 5.41) is 4.84. The van der Waals surface area contributed by atoms with Gasteiger partial charge in [0.25, 0.3) is 5.56 Å². The summed E-state index contributed by atoms with van der Waals surface area (Å²) in [4.78, 5) is 29.1. The van der Waals surface area contributed by atoms with Crippen LogP contribution in [0.2, 0.25) is 5.02 Å². The van der Waals surface area contributed by atoms with Gasteiger partial charge in [0.05, 0.1) is 6.21 Å². The normalized spacial score (nSPS) is 11.5. The van der Waals surface area contributed by atoms with Crippen molar-refractivity contribution in [3.8, 4) is 0 Å². The molecule has 2 aromatic heterocycles. The minimum absolute atomic E-state index is 0.329. The summed E-state index contributed by atoms with van der Waals surface area (Å²) in [5.74, 6) is 0.408. The molecule has 3 aromatic rings. The second kappa shape index (κ2) is 7.17. The number of hydrogen-bond donors (Lipinski definition) is 1. The van der Waals surface area contributed by atoms with Crippen molar-refractivity contribution in [3.63, 3.8) is 0 Å². The Morgan fingerprint density at radius 3 is 2.54 bits per heavy atom. The van der Waals surface area contributed by atoms with E-state index in [0.717, 1.165) is 16.6 Å². The molecule has 0 bridgehead atoms. The number of benzene rings is 1. The number of fused-ring (bicyclic) bond motifs is 1. The molecule has 8 nitrogen and oxygen atoms in total. The van der Waals surface area contributed by atoms with Gasteiger partial charge in [-0.15, -0.1) is 0 Å². The van der Waals surface area contributed by atoms with E-state index in [4.69, 9.17) is 11.6 Å². The van der Waals surface area contributed by atoms with E-state index >= 15 is 0 Å². The Bertz CT molecular complexity index is 1090. The number of halogens is 1. The van der Waals surface area contributed by atoms with Crippen LogP contribution in [0, 0.1) is 0 Å². The van der Waals surface area contributed by atoms with Crippen molar-refractivity contribution >= 4 is 34.9 Å². The Labute approximate surface area is 154 Å². The van der Waals surface area contributed by atoms with Gasteiger partial charge in [-0.1, -0.05) is 30.7 Å². The number of hydrazone groups is 1. The Morgan fingerprint density at radius 1 is 1.19 bits per heavy atom. The van der Waals surface area contributed by atoms with Crippen molar-refractivity contribution in [2.24, 2.45) is 19.2 Å². The molecule has 26 heavy (non-hydrogen) atoms. The first kappa shape index (κ1) is 17.9. The van der Waals surface area contributed by atoms with Crippen LogP contribution < -0.4 is 16.7 Å². The first-order valence-corrected chi connectivity index (χ1v) is 8.52. The van der Waals surface area contributed by atoms with Crippen molar-refractivity contribution in [1.82, 2.24) is 18.7 Å². The summed E-state index contributed by atoms with van der Waals surface area (Å²) < 4.78 is 4.18. The molecule has 3 rings (SSSR count). The molecule has 2 heterocycles. The highest BCUT2D eigenvalue weighted by Crippen LogP contribution is 2.16. The number of nitrogens with zero attached hydrogens (tertiary/aromatic N) is 5. The van der Waals surface area contributed by atoms with Gasteiger partial charge in [-0.25, -0.2) is 10.2 Å². The van der Waals surface area contributed by atoms with Crippen molar-refractivity contribution in [1.29, 1.82) is 0 Å². The maximum atomic E-state index is 12.5. The zero-order valence-electron chi connectivity index (χ0n) is 14.7. The Balaban J connectivity index is 2.05. The van der Waals surface area contributed by atoms with Crippen molar-refractivity contribution in [2.75, 3.05) is 5.43 Å². The van der Waals surface area contributed by atoms with Crippen molar-refractivity contribution in [3.05, 3.63) is 55.7 Å². The molecule has 1 aromatic carbocycles. The van der Waals surface area contributed by atoms with Gasteiger partial charge in [0, 0.05) is 25.7 Å². The molecule has 0 amide bonds. The lowest BCUT2D eigenvalue weighted by molar-refractivity contribution is 0.679. The lowest BCUT2D eigenvalue weighted by Crippen LogP contribution is -2.37. The van der Waals surface area contributed by atoms with Gasteiger partial charge in [-0.3, -0.25) is 13.9 Å². The topological polar surface area (TPSA) is 86.2 Å². The summed E-state index contributed by atoms with van der Waals surface area (Å²) in [6, 6.07) is 7.22. The summed E-state index contributed by atoms with van der Waals surface area (Å²) in [6.07, 6.45) is 2.43. The molecule has 0 radical (unpaired) electrons. The van der Waals surface area contributed by atoms with Crippen LogP contribution in [0.25, 0.3) is 11.2 Å². The third kappa shape index (κ3) is 3.15.